The molecule has 0 amide bonds. The Kier molecular flexibility index (Phi) is 7.91. The normalized spacial score (nSPS) is 13.0. The van der Waals surface area contributed by atoms with Crippen LogP contribution in [0.25, 0.3) is 38.8 Å². The number of nitrogens with zero attached hydrogens (tertiary/aromatic N) is 7. The summed E-state index contributed by atoms with van der Waals surface area (Å²) in [6.45, 7) is 0.631. The van der Waals surface area contributed by atoms with Crippen molar-refractivity contribution in [3.8, 4) is 5.82 Å². The van der Waals surface area contributed by atoms with Gasteiger partial charge in [-0.05, 0) is 89.5 Å². The lowest BCUT2D eigenvalue weighted by Crippen LogP contribution is -2.23. The van der Waals surface area contributed by atoms with Gasteiger partial charge in [-0.25, -0.2) is 24.3 Å². The summed E-state index contributed by atoms with van der Waals surface area (Å²) in [6.07, 6.45) is 4.78. The SMILES string of the molecule is Fc1cccc(/C(=C(\c2cccc(N3CN(c4ccccc4)c4ccccc43)c2)c2ccc3c4ccccc4n(-c4ccccn4)c3c2)c2ncncn2)c1. The predicted octanol–water partition coefficient (Wildman–Crippen LogP) is 10.8. The topological polar surface area (TPSA) is 63.0 Å². The van der Waals surface area contributed by atoms with Crippen molar-refractivity contribution in [1.82, 2.24) is 24.5 Å². The molecule has 0 saturated heterocycles. The minimum absolute atomic E-state index is 0.349. The lowest BCUT2D eigenvalue weighted by Gasteiger charge is -2.23. The van der Waals surface area contributed by atoms with Gasteiger partial charge in [0.05, 0.1) is 22.4 Å². The van der Waals surface area contributed by atoms with Crippen LogP contribution in [-0.4, -0.2) is 31.2 Å². The van der Waals surface area contributed by atoms with Gasteiger partial charge in [-0.2, -0.15) is 0 Å². The van der Waals surface area contributed by atoms with Crippen molar-refractivity contribution in [3.05, 3.63) is 211 Å². The Morgan fingerprint density at radius 1 is 0.491 bits per heavy atom. The average molecular weight is 714 g/mol. The molecule has 3 aromatic heterocycles. The molecule has 0 fully saturated rings. The third kappa shape index (κ3) is 5.68. The highest BCUT2D eigenvalue weighted by Gasteiger charge is 2.29. The van der Waals surface area contributed by atoms with E-state index >= 15 is 4.39 Å². The zero-order chi connectivity index (χ0) is 36.7. The summed E-state index contributed by atoms with van der Waals surface area (Å²) in [6, 6.07) is 54.9. The molecule has 4 heterocycles. The molecule has 7 nitrogen and oxygen atoms in total. The quantitative estimate of drug-likeness (QED) is 0.153. The smallest absolute Gasteiger partial charge is 0.163 e. The number of halogens is 1. The van der Waals surface area contributed by atoms with E-state index < -0.39 is 0 Å². The lowest BCUT2D eigenvalue weighted by atomic mass is 9.88. The Bertz CT molecular complexity index is 2870. The van der Waals surface area contributed by atoms with Crippen molar-refractivity contribution in [2.75, 3.05) is 16.5 Å². The summed E-state index contributed by atoms with van der Waals surface area (Å²) in [5.41, 5.74) is 10.5. The maximum Gasteiger partial charge on any atom is 0.163 e. The van der Waals surface area contributed by atoms with Crippen LogP contribution in [0, 0.1) is 5.82 Å². The number of aromatic nitrogens is 5. The van der Waals surface area contributed by atoms with Gasteiger partial charge < -0.3 is 9.80 Å². The third-order valence-corrected chi connectivity index (χ3v) is 10.2. The predicted molar refractivity (Wildman–Crippen MR) is 218 cm³/mol. The largest absolute Gasteiger partial charge is 0.321 e. The first-order valence-corrected chi connectivity index (χ1v) is 18.1. The average Bonchev–Trinajstić information content (AvgIpc) is 3.80. The van der Waals surface area contributed by atoms with E-state index in [2.05, 4.69) is 145 Å². The van der Waals surface area contributed by atoms with Crippen LogP contribution in [0.15, 0.2) is 183 Å². The van der Waals surface area contributed by atoms with Crippen LogP contribution < -0.4 is 9.80 Å². The molecular weight excluding hydrogens is 682 g/mol. The van der Waals surface area contributed by atoms with Crippen LogP contribution in [0.5, 0.6) is 0 Å². The van der Waals surface area contributed by atoms with E-state index in [-0.39, 0.29) is 5.82 Å². The van der Waals surface area contributed by atoms with E-state index in [4.69, 9.17) is 4.98 Å². The molecule has 1 aliphatic rings. The van der Waals surface area contributed by atoms with Gasteiger partial charge in [0.1, 0.15) is 31.0 Å². The highest BCUT2D eigenvalue weighted by atomic mass is 19.1. The number of fused-ring (bicyclic) bond motifs is 4. The number of anilines is 4. The molecule has 0 aliphatic carbocycles. The van der Waals surface area contributed by atoms with Gasteiger partial charge in [0, 0.05) is 39.5 Å². The molecule has 0 bridgehead atoms. The molecule has 1 aliphatic heterocycles. The molecule has 0 N–H and O–H groups in total. The molecular formula is C47H32FN7. The molecule has 6 aromatic carbocycles. The Hall–Kier alpha value is -7.45. The Labute approximate surface area is 317 Å². The van der Waals surface area contributed by atoms with E-state index in [1.54, 1.807) is 12.1 Å². The van der Waals surface area contributed by atoms with Gasteiger partial charge >= 0.3 is 0 Å². The van der Waals surface area contributed by atoms with Crippen molar-refractivity contribution in [2.45, 2.75) is 0 Å². The van der Waals surface area contributed by atoms with Crippen LogP contribution in [0.3, 0.4) is 0 Å². The number of benzene rings is 6. The van der Waals surface area contributed by atoms with Crippen molar-refractivity contribution in [1.29, 1.82) is 0 Å². The van der Waals surface area contributed by atoms with Gasteiger partial charge in [-0.3, -0.25) is 4.57 Å². The summed E-state index contributed by atoms with van der Waals surface area (Å²) in [7, 11) is 0. The maximum atomic E-state index is 15.2. The van der Waals surface area contributed by atoms with Crippen LogP contribution >= 0.6 is 0 Å². The van der Waals surface area contributed by atoms with Crippen LogP contribution in [0.1, 0.15) is 22.5 Å². The minimum atomic E-state index is -0.349. The summed E-state index contributed by atoms with van der Waals surface area (Å²) in [4.78, 5) is 22.9. The standard InChI is InChI=1S/C47H32FN7/c48-35-14-10-12-32(26-35)46(47-51-29-49-30-52-47)45(34-23-24-39-38-18-4-5-19-40(38)55(43(39)28-34)44-22-8-9-25-50-44)33-13-11-17-37(27-33)54-31-53(36-15-2-1-3-16-36)41-20-6-7-21-42(41)54/h1-30H,31H2/b46-45-. The van der Waals surface area contributed by atoms with Gasteiger partial charge in [-0.1, -0.05) is 91.0 Å². The zero-order valence-electron chi connectivity index (χ0n) is 29.5. The fourth-order valence-electron chi connectivity index (χ4n) is 7.80. The van der Waals surface area contributed by atoms with Gasteiger partial charge in [0.15, 0.2) is 5.82 Å². The monoisotopic (exact) mass is 713 g/mol. The zero-order valence-corrected chi connectivity index (χ0v) is 29.5. The summed E-state index contributed by atoms with van der Waals surface area (Å²) in [5, 5.41) is 2.22. The van der Waals surface area contributed by atoms with Gasteiger partial charge in [-0.15, -0.1) is 0 Å². The van der Waals surface area contributed by atoms with Crippen LogP contribution in [0.4, 0.5) is 27.1 Å². The van der Waals surface area contributed by atoms with Crippen molar-refractivity contribution >= 4 is 55.7 Å². The second kappa shape index (κ2) is 13.5. The molecule has 0 unspecified atom stereocenters. The third-order valence-electron chi connectivity index (χ3n) is 10.2. The van der Waals surface area contributed by atoms with Gasteiger partial charge in [0.2, 0.25) is 0 Å². The summed E-state index contributed by atoms with van der Waals surface area (Å²) >= 11 is 0. The molecule has 0 atom stereocenters. The van der Waals surface area contributed by atoms with Crippen LogP contribution in [-0.2, 0) is 0 Å². The Morgan fingerprint density at radius 2 is 1.15 bits per heavy atom. The lowest BCUT2D eigenvalue weighted by molar-refractivity contribution is 0.627. The van der Waals surface area contributed by atoms with Crippen molar-refractivity contribution in [3.63, 3.8) is 0 Å². The number of hydrogen-bond donors (Lipinski definition) is 0. The second-order valence-corrected chi connectivity index (χ2v) is 13.4. The van der Waals surface area contributed by atoms with E-state index in [0.29, 0.717) is 23.6 Å². The fraction of sp³-hybridized carbons (Fsp3) is 0.0213. The maximum absolute atomic E-state index is 15.2. The molecule has 0 radical (unpaired) electrons. The second-order valence-electron chi connectivity index (χ2n) is 13.4. The summed E-state index contributed by atoms with van der Waals surface area (Å²) < 4.78 is 17.4. The van der Waals surface area contributed by atoms with E-state index in [1.165, 1.54) is 18.7 Å². The minimum Gasteiger partial charge on any atom is -0.321 e. The number of pyridine rings is 1. The van der Waals surface area contributed by atoms with E-state index in [1.807, 2.05) is 36.5 Å². The molecule has 8 heteroatoms. The first-order chi connectivity index (χ1) is 27.2. The van der Waals surface area contributed by atoms with Gasteiger partial charge in [0.25, 0.3) is 0 Å². The highest BCUT2D eigenvalue weighted by Crippen LogP contribution is 2.45. The molecule has 0 saturated carbocycles. The number of rotatable bonds is 7. The molecule has 55 heavy (non-hydrogen) atoms. The Balaban J connectivity index is 1.23. The molecule has 10 rings (SSSR count). The molecule has 262 valence electrons. The van der Waals surface area contributed by atoms with Crippen molar-refractivity contribution < 1.29 is 4.39 Å². The molecule has 9 aromatic rings. The summed E-state index contributed by atoms with van der Waals surface area (Å²) in [5.74, 6) is 0.905. The fourth-order valence-corrected chi connectivity index (χ4v) is 7.80. The highest BCUT2D eigenvalue weighted by molar-refractivity contribution is 6.11. The van der Waals surface area contributed by atoms with Crippen molar-refractivity contribution in [2.24, 2.45) is 0 Å². The van der Waals surface area contributed by atoms with E-state index in [0.717, 1.165) is 67.1 Å². The Morgan fingerprint density at radius 3 is 1.93 bits per heavy atom. The molecule has 0 spiro atoms. The number of hydrogen-bond acceptors (Lipinski definition) is 6. The number of para-hydroxylation sites is 4. The van der Waals surface area contributed by atoms with Crippen LogP contribution in [0.2, 0.25) is 0 Å². The van der Waals surface area contributed by atoms with E-state index in [9.17, 15) is 0 Å². The first-order valence-electron chi connectivity index (χ1n) is 18.1. The first kappa shape index (κ1) is 32.2.